The summed E-state index contributed by atoms with van der Waals surface area (Å²) < 4.78 is 33.7. The molecule has 1 aliphatic rings. The van der Waals surface area contributed by atoms with Crippen LogP contribution in [-0.2, 0) is 10.0 Å². The van der Waals surface area contributed by atoms with Gasteiger partial charge in [0.15, 0.2) is 0 Å². The van der Waals surface area contributed by atoms with Crippen molar-refractivity contribution in [3.05, 3.63) is 28.8 Å². The van der Waals surface area contributed by atoms with Crippen molar-refractivity contribution in [3.63, 3.8) is 0 Å². The van der Waals surface area contributed by atoms with Crippen LogP contribution in [-0.4, -0.2) is 49.0 Å². The molecule has 1 amide bonds. The summed E-state index contributed by atoms with van der Waals surface area (Å²) in [5.74, 6) is 0.640. The molecule has 176 valence electrons. The number of benzene rings is 1. The van der Waals surface area contributed by atoms with E-state index >= 15 is 0 Å². The number of methoxy groups -OCH3 is 1. The van der Waals surface area contributed by atoms with Gasteiger partial charge >= 0.3 is 0 Å². The molecule has 1 saturated heterocycles. The van der Waals surface area contributed by atoms with E-state index in [1.807, 2.05) is 0 Å². The highest BCUT2D eigenvalue weighted by molar-refractivity contribution is 7.89. The SMILES string of the molecule is CCC(CC)c1nnc(NC(=O)c2ccc(OC)c(S(=O)(=O)N3C[C@@H](C)C[C@H](C)C3)c2)s1. The zero-order valence-corrected chi connectivity index (χ0v) is 20.9. The van der Waals surface area contributed by atoms with E-state index in [9.17, 15) is 13.2 Å². The minimum atomic E-state index is -3.81. The van der Waals surface area contributed by atoms with Crippen LogP contribution in [0.4, 0.5) is 5.13 Å². The van der Waals surface area contributed by atoms with E-state index in [2.05, 4.69) is 43.2 Å². The number of hydrogen-bond acceptors (Lipinski definition) is 7. The number of ether oxygens (including phenoxy) is 1. The molecule has 1 N–H and O–H groups in total. The Balaban J connectivity index is 1.86. The average Bonchev–Trinajstić information content (AvgIpc) is 3.21. The molecule has 1 fully saturated rings. The van der Waals surface area contributed by atoms with Gasteiger partial charge in [-0.2, -0.15) is 4.31 Å². The van der Waals surface area contributed by atoms with E-state index in [4.69, 9.17) is 4.74 Å². The Morgan fingerprint density at radius 2 is 1.88 bits per heavy atom. The first-order valence-electron chi connectivity index (χ1n) is 11.0. The summed E-state index contributed by atoms with van der Waals surface area (Å²) in [7, 11) is -2.38. The smallest absolute Gasteiger partial charge is 0.257 e. The maximum absolute atomic E-state index is 13.4. The molecular weight excluding hydrogens is 448 g/mol. The highest BCUT2D eigenvalue weighted by Gasteiger charge is 2.34. The Labute approximate surface area is 194 Å². The molecule has 0 bridgehead atoms. The number of aromatic nitrogens is 2. The van der Waals surface area contributed by atoms with Crippen molar-refractivity contribution < 1.29 is 17.9 Å². The third-order valence-electron chi connectivity index (χ3n) is 5.87. The molecule has 0 aliphatic carbocycles. The van der Waals surface area contributed by atoms with Gasteiger partial charge in [0.25, 0.3) is 5.91 Å². The predicted molar refractivity (Wildman–Crippen MR) is 126 cm³/mol. The summed E-state index contributed by atoms with van der Waals surface area (Å²) in [6.07, 6.45) is 2.89. The van der Waals surface area contributed by atoms with E-state index in [-0.39, 0.29) is 28.0 Å². The maximum atomic E-state index is 13.4. The van der Waals surface area contributed by atoms with Gasteiger partial charge < -0.3 is 4.74 Å². The number of nitrogens with one attached hydrogen (secondary N) is 1. The molecule has 32 heavy (non-hydrogen) atoms. The van der Waals surface area contributed by atoms with Gasteiger partial charge in [-0.15, -0.1) is 10.2 Å². The molecule has 0 unspecified atom stereocenters. The number of carbonyl (C=O) groups excluding carboxylic acids is 1. The third-order valence-corrected chi connectivity index (χ3v) is 8.73. The van der Waals surface area contributed by atoms with Gasteiger partial charge in [-0.25, -0.2) is 8.42 Å². The lowest BCUT2D eigenvalue weighted by atomic mass is 9.94. The first-order chi connectivity index (χ1) is 15.2. The van der Waals surface area contributed by atoms with Crippen molar-refractivity contribution in [2.24, 2.45) is 11.8 Å². The van der Waals surface area contributed by atoms with Crippen LogP contribution in [0.25, 0.3) is 0 Å². The van der Waals surface area contributed by atoms with Crippen LogP contribution < -0.4 is 10.1 Å². The lowest BCUT2D eigenvalue weighted by molar-refractivity contribution is 0.102. The summed E-state index contributed by atoms with van der Waals surface area (Å²) in [6.45, 7) is 9.20. The largest absolute Gasteiger partial charge is 0.495 e. The fourth-order valence-electron chi connectivity index (χ4n) is 4.22. The first kappa shape index (κ1) is 24.6. The molecule has 2 atom stereocenters. The zero-order chi connectivity index (χ0) is 23.5. The highest BCUT2D eigenvalue weighted by atomic mass is 32.2. The van der Waals surface area contributed by atoms with Crippen LogP contribution in [0.3, 0.4) is 0 Å². The van der Waals surface area contributed by atoms with Crippen molar-refractivity contribution in [1.82, 2.24) is 14.5 Å². The van der Waals surface area contributed by atoms with Crippen LogP contribution >= 0.6 is 11.3 Å². The zero-order valence-electron chi connectivity index (χ0n) is 19.3. The summed E-state index contributed by atoms with van der Waals surface area (Å²) >= 11 is 1.35. The van der Waals surface area contributed by atoms with Crippen LogP contribution in [0.2, 0.25) is 0 Å². The molecule has 8 nitrogen and oxygen atoms in total. The first-order valence-corrected chi connectivity index (χ1v) is 13.3. The molecule has 1 aliphatic heterocycles. The minimum Gasteiger partial charge on any atom is -0.495 e. The summed E-state index contributed by atoms with van der Waals surface area (Å²) in [6, 6.07) is 4.46. The number of anilines is 1. The number of carbonyl (C=O) groups is 1. The second-order valence-corrected chi connectivity index (χ2v) is 11.5. The highest BCUT2D eigenvalue weighted by Crippen LogP contribution is 2.33. The standard InChI is InChI=1S/C22H32N4O4S2/c1-6-16(7-2)21-24-25-22(31-21)23-20(27)17-8-9-18(30-5)19(11-17)32(28,29)26-12-14(3)10-15(4)13-26/h8-9,11,14-16H,6-7,10,12-13H2,1-5H3,(H,23,25,27)/t14-,15-/m0/s1. The summed E-state index contributed by atoms with van der Waals surface area (Å²) in [5.41, 5.74) is 0.224. The molecule has 1 aromatic carbocycles. The molecule has 0 saturated carbocycles. The van der Waals surface area contributed by atoms with E-state index in [0.29, 0.717) is 24.1 Å². The molecular formula is C22H32N4O4S2. The van der Waals surface area contributed by atoms with Crippen molar-refractivity contribution in [3.8, 4) is 5.75 Å². The topological polar surface area (TPSA) is 101 Å². The number of amides is 1. The lowest BCUT2D eigenvalue weighted by Gasteiger charge is -2.34. The minimum absolute atomic E-state index is 0.00364. The second kappa shape index (κ2) is 10.3. The quantitative estimate of drug-likeness (QED) is 0.602. The fraction of sp³-hybridized carbons (Fsp3) is 0.591. The average molecular weight is 481 g/mol. The number of hydrogen-bond donors (Lipinski definition) is 1. The van der Waals surface area contributed by atoms with Gasteiger partial charge in [0.1, 0.15) is 15.7 Å². The van der Waals surface area contributed by atoms with E-state index in [1.165, 1.54) is 34.9 Å². The Kier molecular flexibility index (Phi) is 7.89. The van der Waals surface area contributed by atoms with Crippen LogP contribution in [0.5, 0.6) is 5.75 Å². The number of sulfonamides is 1. The number of nitrogens with zero attached hydrogens (tertiary/aromatic N) is 3. The third kappa shape index (κ3) is 5.29. The van der Waals surface area contributed by atoms with Gasteiger partial charge in [0, 0.05) is 24.6 Å². The second-order valence-electron chi connectivity index (χ2n) is 8.55. The lowest BCUT2D eigenvalue weighted by Crippen LogP contribution is -2.42. The number of piperidine rings is 1. The molecule has 2 aromatic rings. The normalized spacial score (nSPS) is 19.8. The van der Waals surface area contributed by atoms with E-state index in [0.717, 1.165) is 24.3 Å². The Morgan fingerprint density at radius 3 is 2.47 bits per heavy atom. The summed E-state index contributed by atoms with van der Waals surface area (Å²) in [4.78, 5) is 12.9. The van der Waals surface area contributed by atoms with E-state index < -0.39 is 15.9 Å². The Hall–Kier alpha value is -2.04. The molecule has 0 spiro atoms. The van der Waals surface area contributed by atoms with Gasteiger partial charge in [-0.05, 0) is 49.3 Å². The van der Waals surface area contributed by atoms with Gasteiger partial charge in [-0.3, -0.25) is 10.1 Å². The van der Waals surface area contributed by atoms with Gasteiger partial charge in [0.05, 0.1) is 7.11 Å². The Morgan fingerprint density at radius 1 is 1.22 bits per heavy atom. The molecule has 3 rings (SSSR count). The molecule has 0 radical (unpaired) electrons. The van der Waals surface area contributed by atoms with Crippen LogP contribution in [0.15, 0.2) is 23.1 Å². The fourth-order valence-corrected chi connectivity index (χ4v) is 7.08. The maximum Gasteiger partial charge on any atom is 0.257 e. The van der Waals surface area contributed by atoms with Crippen LogP contribution in [0, 0.1) is 11.8 Å². The molecule has 1 aromatic heterocycles. The van der Waals surface area contributed by atoms with Crippen LogP contribution in [0.1, 0.15) is 68.2 Å². The van der Waals surface area contributed by atoms with Crippen molar-refractivity contribution in [2.75, 3.05) is 25.5 Å². The predicted octanol–water partition coefficient (Wildman–Crippen LogP) is 4.37. The van der Waals surface area contributed by atoms with E-state index in [1.54, 1.807) is 6.07 Å². The Bertz CT molecular complexity index is 1040. The van der Waals surface area contributed by atoms with Crippen molar-refractivity contribution in [1.29, 1.82) is 0 Å². The summed E-state index contributed by atoms with van der Waals surface area (Å²) in [5, 5.41) is 12.3. The van der Waals surface area contributed by atoms with Gasteiger partial charge in [0.2, 0.25) is 15.2 Å². The van der Waals surface area contributed by atoms with Crippen molar-refractivity contribution in [2.45, 2.75) is 57.8 Å². The van der Waals surface area contributed by atoms with Gasteiger partial charge in [-0.1, -0.05) is 39.0 Å². The molecule has 10 heteroatoms. The number of rotatable bonds is 8. The van der Waals surface area contributed by atoms with Crippen molar-refractivity contribution >= 4 is 32.4 Å². The molecule has 2 heterocycles. The monoisotopic (exact) mass is 480 g/mol.